The van der Waals surface area contributed by atoms with Gasteiger partial charge in [-0.15, -0.1) is 0 Å². The molecule has 43 heavy (non-hydrogen) atoms. The Labute approximate surface area is 261 Å². The van der Waals surface area contributed by atoms with E-state index in [9.17, 15) is 13.2 Å². The second-order valence-electron chi connectivity index (χ2n) is 12.1. The van der Waals surface area contributed by atoms with Gasteiger partial charge in [0.05, 0.1) is 12.1 Å². The first-order valence-electron chi connectivity index (χ1n) is 15.3. The van der Waals surface area contributed by atoms with Crippen molar-refractivity contribution in [2.75, 3.05) is 38.3 Å². The summed E-state index contributed by atoms with van der Waals surface area (Å²) in [6, 6.07) is 11.9. The van der Waals surface area contributed by atoms with Gasteiger partial charge in [-0.25, -0.2) is 12.8 Å². The molecular formula is C32H46ClFN4O4S. The molecule has 2 aromatic rings. The fourth-order valence-corrected chi connectivity index (χ4v) is 7.36. The van der Waals surface area contributed by atoms with Crippen molar-refractivity contribution in [3.05, 3.63) is 64.4 Å². The van der Waals surface area contributed by atoms with Gasteiger partial charge in [-0.2, -0.15) is 0 Å². The lowest BCUT2D eigenvalue weighted by Crippen LogP contribution is -2.55. The molecule has 4 N–H and O–H groups in total. The van der Waals surface area contributed by atoms with Crippen molar-refractivity contribution < 1.29 is 22.3 Å². The highest BCUT2D eigenvalue weighted by Crippen LogP contribution is 2.39. The van der Waals surface area contributed by atoms with Crippen molar-refractivity contribution >= 4 is 33.9 Å². The van der Waals surface area contributed by atoms with Crippen LogP contribution in [0.25, 0.3) is 0 Å². The Balaban J connectivity index is 1.42. The van der Waals surface area contributed by atoms with E-state index in [1.807, 2.05) is 31.3 Å². The van der Waals surface area contributed by atoms with Gasteiger partial charge in [-0.05, 0) is 87.7 Å². The van der Waals surface area contributed by atoms with Crippen LogP contribution in [0.5, 0.6) is 0 Å². The number of carbonyl (C=O) groups is 1. The second kappa shape index (κ2) is 16.3. The molecule has 2 aromatic carbocycles. The van der Waals surface area contributed by atoms with Crippen LogP contribution in [0.2, 0.25) is 5.02 Å². The molecule has 1 heterocycles. The predicted octanol–water partition coefficient (Wildman–Crippen LogP) is 4.33. The van der Waals surface area contributed by atoms with Crippen LogP contribution in [0, 0.1) is 11.7 Å². The molecule has 6 atom stereocenters. The normalized spacial score (nSPS) is 24.5. The van der Waals surface area contributed by atoms with Crippen molar-refractivity contribution in [2.24, 2.45) is 11.7 Å². The predicted molar refractivity (Wildman–Crippen MR) is 171 cm³/mol. The van der Waals surface area contributed by atoms with Gasteiger partial charge in [0, 0.05) is 60.2 Å². The van der Waals surface area contributed by atoms with E-state index >= 15 is 4.39 Å². The van der Waals surface area contributed by atoms with E-state index in [1.165, 1.54) is 6.07 Å². The molecule has 1 amide bonds. The number of nitrogens with one attached hydrogen (secondary N) is 2. The van der Waals surface area contributed by atoms with Crippen molar-refractivity contribution in [1.29, 1.82) is 0 Å². The smallest absolute Gasteiger partial charge is 0.241 e. The fourth-order valence-electron chi connectivity index (χ4n) is 6.80. The number of likely N-dealkylation sites (N-methyl/N-ethyl adjacent to an activating group) is 1. The molecule has 1 saturated carbocycles. The van der Waals surface area contributed by atoms with Crippen LogP contribution in [0.3, 0.4) is 0 Å². The Kier molecular flexibility index (Phi) is 12.8. The summed E-state index contributed by atoms with van der Waals surface area (Å²) in [5.74, 6) is -0.567. The summed E-state index contributed by atoms with van der Waals surface area (Å²) in [5, 5.41) is 7.14. The first-order valence-corrected chi connectivity index (χ1v) is 17.1. The van der Waals surface area contributed by atoms with Crippen LogP contribution >= 0.6 is 11.6 Å². The van der Waals surface area contributed by atoms with Crippen molar-refractivity contribution in [3.8, 4) is 0 Å². The number of rotatable bonds is 13. The third kappa shape index (κ3) is 9.45. The van der Waals surface area contributed by atoms with Crippen molar-refractivity contribution in [3.63, 3.8) is 0 Å². The number of hydrogen-bond acceptors (Lipinski definition) is 7. The Morgan fingerprint density at radius 1 is 1.21 bits per heavy atom. The zero-order valence-electron chi connectivity index (χ0n) is 25.1. The van der Waals surface area contributed by atoms with E-state index in [2.05, 4.69) is 15.5 Å². The summed E-state index contributed by atoms with van der Waals surface area (Å²) in [6.45, 7) is 1.53. The van der Waals surface area contributed by atoms with Crippen LogP contribution in [0.1, 0.15) is 62.0 Å². The molecule has 8 nitrogen and oxygen atoms in total. The molecule has 0 aromatic heterocycles. The number of piperazine rings is 1. The number of thiol groups is 1. The third-order valence-corrected chi connectivity index (χ3v) is 10.2. The maximum absolute atomic E-state index is 15.1. The molecule has 1 saturated heterocycles. The molecule has 11 heteroatoms. The molecule has 1 aliphatic carbocycles. The number of nitrogens with zero attached hydrogens (tertiary/aromatic N) is 1. The summed E-state index contributed by atoms with van der Waals surface area (Å²) in [7, 11) is 1.43. The van der Waals surface area contributed by atoms with Gasteiger partial charge in [0.15, 0.2) is 0 Å². The monoisotopic (exact) mass is 636 g/mol. The third-order valence-electron chi connectivity index (χ3n) is 9.22. The van der Waals surface area contributed by atoms with Gasteiger partial charge in [0.25, 0.3) is 0 Å². The minimum absolute atomic E-state index is 0.130. The van der Waals surface area contributed by atoms with Gasteiger partial charge in [0.2, 0.25) is 5.91 Å². The van der Waals surface area contributed by atoms with E-state index in [-0.39, 0.29) is 47.5 Å². The topological polar surface area (TPSA) is 114 Å². The maximum atomic E-state index is 15.1. The first-order chi connectivity index (χ1) is 20.7. The van der Waals surface area contributed by atoms with E-state index < -0.39 is 16.7 Å². The minimum Gasteiger partial charge on any atom is -0.381 e. The zero-order valence-corrected chi connectivity index (χ0v) is 26.8. The summed E-state index contributed by atoms with van der Waals surface area (Å²) in [6.07, 6.45) is 6.48. The molecule has 3 unspecified atom stereocenters. The van der Waals surface area contributed by atoms with Crippen LogP contribution in [0.15, 0.2) is 42.5 Å². The van der Waals surface area contributed by atoms with Crippen LogP contribution in [0.4, 0.5) is 10.1 Å². The number of halogens is 2. The van der Waals surface area contributed by atoms with Crippen molar-refractivity contribution in [1.82, 2.24) is 10.2 Å². The highest BCUT2D eigenvalue weighted by molar-refractivity contribution is 7.72. The maximum Gasteiger partial charge on any atom is 0.241 e. The number of methoxy groups -OCH3 is 1. The van der Waals surface area contributed by atoms with Crippen LogP contribution < -0.4 is 16.4 Å². The second-order valence-corrected chi connectivity index (χ2v) is 13.6. The summed E-state index contributed by atoms with van der Waals surface area (Å²) < 4.78 is 42.6. The molecule has 0 spiro atoms. The molecule has 238 valence electrons. The first kappa shape index (κ1) is 33.8. The molecule has 1 aliphatic heterocycles. The molecule has 0 bridgehead atoms. The number of ether oxygens (including phenoxy) is 1. The standard InChI is InChI=1S/C32H46ClFN4O4S/c1-38-20-24(36-19-25(38)7-5-17-43(40)41)15-16-27-28(34)9-4-10-29(27)37-32(39)31(35)30(21-11-13-23(33)14-12-21)22-6-3-8-26(18-22)42-2/h4,9-14,22,24-26,30-31,36,43H,3,5-8,15-20,35H2,1-2H3,(H,37,39)/t22?,24-,25?,26?,30-,31-/m0/s1. The number of amides is 1. The Morgan fingerprint density at radius 2 is 1.98 bits per heavy atom. The lowest BCUT2D eigenvalue weighted by molar-refractivity contribution is -0.118. The van der Waals surface area contributed by atoms with Gasteiger partial charge in [-0.3, -0.25) is 4.79 Å². The van der Waals surface area contributed by atoms with Crippen LogP contribution in [-0.2, 0) is 26.7 Å². The average molecular weight is 637 g/mol. The minimum atomic E-state index is -2.34. The average Bonchev–Trinajstić information content (AvgIpc) is 2.99. The summed E-state index contributed by atoms with van der Waals surface area (Å²) >= 11 is 6.17. The van der Waals surface area contributed by atoms with Crippen LogP contribution in [-0.4, -0.2) is 76.5 Å². The SMILES string of the molecule is COC1CCCC([C@H](c2ccc(Cl)cc2)[C@H](N)C(=O)Nc2cccc(F)c2CC[C@H]2CN(C)C(CCC[SH](=O)=O)CN2)C1. The lowest BCUT2D eigenvalue weighted by atomic mass is 9.72. The van der Waals surface area contributed by atoms with E-state index in [0.717, 1.165) is 50.8 Å². The Bertz CT molecular complexity index is 1270. The van der Waals surface area contributed by atoms with Crippen molar-refractivity contribution in [2.45, 2.75) is 81.5 Å². The largest absolute Gasteiger partial charge is 0.381 e. The molecule has 0 radical (unpaired) electrons. The summed E-state index contributed by atoms with van der Waals surface area (Å²) in [5.41, 5.74) is 8.60. The molecular weight excluding hydrogens is 591 g/mol. The molecule has 2 aliphatic rings. The van der Waals surface area contributed by atoms with E-state index in [0.29, 0.717) is 35.5 Å². The van der Waals surface area contributed by atoms with E-state index in [4.69, 9.17) is 22.1 Å². The van der Waals surface area contributed by atoms with Gasteiger partial charge < -0.3 is 26.0 Å². The number of benzene rings is 2. The fraction of sp³-hybridized carbons (Fsp3) is 0.594. The van der Waals surface area contributed by atoms with Gasteiger partial charge >= 0.3 is 0 Å². The highest BCUT2D eigenvalue weighted by atomic mass is 35.5. The van der Waals surface area contributed by atoms with E-state index in [1.54, 1.807) is 19.2 Å². The summed E-state index contributed by atoms with van der Waals surface area (Å²) in [4.78, 5) is 15.9. The number of carbonyl (C=O) groups excluding carboxylic acids is 1. The lowest BCUT2D eigenvalue weighted by Gasteiger charge is -2.38. The molecule has 4 rings (SSSR count). The number of nitrogens with two attached hydrogens (primary N) is 1. The van der Waals surface area contributed by atoms with Gasteiger partial charge in [-0.1, -0.05) is 36.2 Å². The molecule has 2 fully saturated rings. The number of hydrogen-bond donors (Lipinski definition) is 4. The Hall–Kier alpha value is -2.08. The Morgan fingerprint density at radius 3 is 2.67 bits per heavy atom. The number of anilines is 1. The zero-order chi connectivity index (χ0) is 30.9. The highest BCUT2D eigenvalue weighted by Gasteiger charge is 2.36. The quantitative estimate of drug-likeness (QED) is 0.242. The van der Waals surface area contributed by atoms with Gasteiger partial charge in [0.1, 0.15) is 16.5 Å².